The van der Waals surface area contributed by atoms with Crippen molar-refractivity contribution in [1.82, 2.24) is 5.32 Å². The minimum Gasteiger partial charge on any atom is -0.309 e. The second kappa shape index (κ2) is 5.00. The van der Waals surface area contributed by atoms with Crippen LogP contribution in [-0.4, -0.2) is 13.6 Å². The molecule has 78 valence electrons. The van der Waals surface area contributed by atoms with E-state index in [1.54, 1.807) is 0 Å². The van der Waals surface area contributed by atoms with Gasteiger partial charge in [-0.15, -0.1) is 0 Å². The molecule has 0 aliphatic heterocycles. The molecular formula is C14H17N. The third-order valence-electron chi connectivity index (χ3n) is 2.96. The van der Waals surface area contributed by atoms with Gasteiger partial charge in [-0.25, -0.2) is 0 Å². The number of benzene rings is 1. The van der Waals surface area contributed by atoms with Crippen LogP contribution in [-0.2, 0) is 0 Å². The third-order valence-corrected chi connectivity index (χ3v) is 2.96. The van der Waals surface area contributed by atoms with Crippen molar-refractivity contribution in [3.8, 4) is 11.8 Å². The third kappa shape index (κ3) is 2.61. The molecule has 1 fully saturated rings. The van der Waals surface area contributed by atoms with Gasteiger partial charge in [0.05, 0.1) is 6.54 Å². The average molecular weight is 199 g/mol. The zero-order valence-corrected chi connectivity index (χ0v) is 9.22. The molecule has 1 aromatic rings. The van der Waals surface area contributed by atoms with E-state index in [4.69, 9.17) is 0 Å². The summed E-state index contributed by atoms with van der Waals surface area (Å²) in [5, 5.41) is 3.02. The van der Waals surface area contributed by atoms with Gasteiger partial charge in [-0.2, -0.15) is 0 Å². The van der Waals surface area contributed by atoms with E-state index in [1.807, 2.05) is 7.05 Å². The standard InChI is InChI=1S/C14H17N/c1-15-10-4-6-12-5-2-9-14(11-12)13-7-3-8-13/h2,5,9,11,13,15H,3,7-8,10H2,1H3. The van der Waals surface area contributed by atoms with Crippen LogP contribution in [0.1, 0.15) is 36.3 Å². The van der Waals surface area contributed by atoms with E-state index in [9.17, 15) is 0 Å². The number of nitrogens with one attached hydrogen (secondary N) is 1. The van der Waals surface area contributed by atoms with Gasteiger partial charge in [0.25, 0.3) is 0 Å². The molecule has 1 saturated carbocycles. The van der Waals surface area contributed by atoms with Crippen LogP contribution < -0.4 is 5.32 Å². The Morgan fingerprint density at radius 2 is 2.27 bits per heavy atom. The predicted molar refractivity (Wildman–Crippen MR) is 63.8 cm³/mol. The fourth-order valence-electron chi connectivity index (χ4n) is 1.85. The van der Waals surface area contributed by atoms with E-state index in [0.29, 0.717) is 0 Å². The van der Waals surface area contributed by atoms with E-state index in [1.165, 1.54) is 24.8 Å². The highest BCUT2D eigenvalue weighted by Gasteiger charge is 2.18. The molecule has 0 aromatic heterocycles. The fourth-order valence-corrected chi connectivity index (χ4v) is 1.85. The van der Waals surface area contributed by atoms with Gasteiger partial charge in [0.2, 0.25) is 0 Å². The van der Waals surface area contributed by atoms with Crippen LogP contribution in [0.15, 0.2) is 24.3 Å². The van der Waals surface area contributed by atoms with Gasteiger partial charge in [0, 0.05) is 5.56 Å². The van der Waals surface area contributed by atoms with Crippen molar-refractivity contribution in [2.24, 2.45) is 0 Å². The van der Waals surface area contributed by atoms with E-state index < -0.39 is 0 Å². The quantitative estimate of drug-likeness (QED) is 0.722. The summed E-state index contributed by atoms with van der Waals surface area (Å²) < 4.78 is 0. The first-order valence-corrected chi connectivity index (χ1v) is 5.63. The van der Waals surface area contributed by atoms with Crippen LogP contribution in [0, 0.1) is 11.8 Å². The monoisotopic (exact) mass is 199 g/mol. The first-order valence-electron chi connectivity index (χ1n) is 5.63. The van der Waals surface area contributed by atoms with Crippen LogP contribution in [0.3, 0.4) is 0 Å². The molecule has 0 radical (unpaired) electrons. The van der Waals surface area contributed by atoms with Crippen molar-refractivity contribution in [3.63, 3.8) is 0 Å². The Hall–Kier alpha value is -1.26. The highest BCUT2D eigenvalue weighted by atomic mass is 14.8. The summed E-state index contributed by atoms with van der Waals surface area (Å²) in [6.07, 6.45) is 4.10. The molecule has 1 aliphatic rings. The Labute approximate surface area is 91.9 Å². The Kier molecular flexibility index (Phi) is 3.42. The molecule has 0 bridgehead atoms. The molecule has 2 rings (SSSR count). The molecule has 0 saturated heterocycles. The van der Waals surface area contributed by atoms with Crippen molar-refractivity contribution in [1.29, 1.82) is 0 Å². The SMILES string of the molecule is CNCC#Cc1cccc(C2CCC2)c1. The lowest BCUT2D eigenvalue weighted by Crippen LogP contribution is -2.08. The molecule has 0 atom stereocenters. The van der Waals surface area contributed by atoms with Crippen LogP contribution in [0.25, 0.3) is 0 Å². The van der Waals surface area contributed by atoms with Crippen molar-refractivity contribution in [3.05, 3.63) is 35.4 Å². The van der Waals surface area contributed by atoms with Gasteiger partial charge >= 0.3 is 0 Å². The van der Waals surface area contributed by atoms with Gasteiger partial charge in [-0.05, 0) is 43.5 Å². The summed E-state index contributed by atoms with van der Waals surface area (Å²) in [7, 11) is 1.92. The van der Waals surface area contributed by atoms with E-state index in [0.717, 1.165) is 18.0 Å². The molecule has 1 N–H and O–H groups in total. The summed E-state index contributed by atoms with van der Waals surface area (Å²) in [6.45, 7) is 0.758. The molecule has 1 heteroatoms. The summed E-state index contributed by atoms with van der Waals surface area (Å²) in [6, 6.07) is 8.68. The van der Waals surface area contributed by atoms with Gasteiger partial charge in [-0.3, -0.25) is 0 Å². The normalized spacial score (nSPS) is 15.3. The summed E-state index contributed by atoms with van der Waals surface area (Å²) in [4.78, 5) is 0. The van der Waals surface area contributed by atoms with Crippen LogP contribution >= 0.6 is 0 Å². The first-order chi connectivity index (χ1) is 7.40. The average Bonchev–Trinajstić information content (AvgIpc) is 2.16. The van der Waals surface area contributed by atoms with Gasteiger partial charge < -0.3 is 5.32 Å². The molecule has 0 amide bonds. The summed E-state index contributed by atoms with van der Waals surface area (Å²) >= 11 is 0. The highest BCUT2D eigenvalue weighted by Crippen LogP contribution is 2.36. The number of hydrogen-bond acceptors (Lipinski definition) is 1. The molecule has 1 nitrogen and oxygen atoms in total. The maximum absolute atomic E-state index is 3.18. The highest BCUT2D eigenvalue weighted by molar-refractivity contribution is 5.38. The molecule has 15 heavy (non-hydrogen) atoms. The van der Waals surface area contributed by atoms with E-state index in [-0.39, 0.29) is 0 Å². The Morgan fingerprint density at radius 3 is 2.93 bits per heavy atom. The van der Waals surface area contributed by atoms with Gasteiger partial charge in [0.1, 0.15) is 0 Å². The Bertz CT molecular complexity index is 380. The van der Waals surface area contributed by atoms with Crippen molar-refractivity contribution < 1.29 is 0 Å². The molecule has 0 unspecified atom stereocenters. The Balaban J connectivity index is 2.09. The van der Waals surface area contributed by atoms with Gasteiger partial charge in [0.15, 0.2) is 0 Å². The second-order valence-electron chi connectivity index (χ2n) is 4.09. The Morgan fingerprint density at radius 1 is 1.40 bits per heavy atom. The largest absolute Gasteiger partial charge is 0.309 e. The van der Waals surface area contributed by atoms with Crippen LogP contribution in [0.5, 0.6) is 0 Å². The predicted octanol–water partition coefficient (Wildman–Crippen LogP) is 2.53. The minimum atomic E-state index is 0.758. The number of hydrogen-bond donors (Lipinski definition) is 1. The maximum Gasteiger partial charge on any atom is 0.0577 e. The summed E-state index contributed by atoms with van der Waals surface area (Å²) in [5.74, 6) is 7.07. The maximum atomic E-state index is 3.18. The topological polar surface area (TPSA) is 12.0 Å². The lowest BCUT2D eigenvalue weighted by molar-refractivity contribution is 0.420. The minimum absolute atomic E-state index is 0.758. The van der Waals surface area contributed by atoms with Crippen molar-refractivity contribution in [2.75, 3.05) is 13.6 Å². The molecular weight excluding hydrogens is 182 g/mol. The van der Waals surface area contributed by atoms with E-state index in [2.05, 4.69) is 41.4 Å². The number of rotatable bonds is 2. The van der Waals surface area contributed by atoms with Gasteiger partial charge in [-0.1, -0.05) is 30.4 Å². The first kappa shape index (κ1) is 10.3. The zero-order chi connectivity index (χ0) is 10.5. The lowest BCUT2D eigenvalue weighted by Gasteiger charge is -2.25. The lowest BCUT2D eigenvalue weighted by atomic mass is 9.80. The second-order valence-corrected chi connectivity index (χ2v) is 4.09. The fraction of sp³-hybridized carbons (Fsp3) is 0.429. The summed E-state index contributed by atoms with van der Waals surface area (Å²) in [5.41, 5.74) is 2.62. The zero-order valence-electron chi connectivity index (χ0n) is 9.22. The molecule has 1 aromatic carbocycles. The smallest absolute Gasteiger partial charge is 0.0577 e. The molecule has 0 heterocycles. The van der Waals surface area contributed by atoms with Crippen LogP contribution in [0.2, 0.25) is 0 Å². The van der Waals surface area contributed by atoms with Crippen LogP contribution in [0.4, 0.5) is 0 Å². The molecule has 1 aliphatic carbocycles. The molecule has 0 spiro atoms. The van der Waals surface area contributed by atoms with Crippen molar-refractivity contribution >= 4 is 0 Å². The van der Waals surface area contributed by atoms with E-state index >= 15 is 0 Å². The van der Waals surface area contributed by atoms with Crippen molar-refractivity contribution in [2.45, 2.75) is 25.2 Å².